The number of benzene rings is 1. The summed E-state index contributed by atoms with van der Waals surface area (Å²) in [7, 11) is 3.34. The molecule has 0 heterocycles. The molecule has 0 fully saturated rings. The molecule has 0 aromatic heterocycles. The monoisotopic (exact) mass is 196 g/mol. The van der Waals surface area contributed by atoms with Gasteiger partial charge in [-0.3, -0.25) is 0 Å². The zero-order chi connectivity index (χ0) is 10.4. The van der Waals surface area contributed by atoms with Gasteiger partial charge in [0.1, 0.15) is 5.75 Å². The van der Waals surface area contributed by atoms with Crippen molar-refractivity contribution in [2.45, 2.75) is 12.5 Å². The Kier molecular flexibility index (Phi) is 4.43. The van der Waals surface area contributed by atoms with Crippen LogP contribution >= 0.6 is 0 Å². The Balaban J connectivity index is 2.64. The molecule has 78 valence electrons. The molecule has 0 saturated heterocycles. The van der Waals surface area contributed by atoms with Crippen LogP contribution in [0.2, 0.25) is 0 Å². The fourth-order valence-corrected chi connectivity index (χ4v) is 1.33. The molecular weight excluding hydrogens is 180 g/mol. The van der Waals surface area contributed by atoms with Gasteiger partial charge in [0.05, 0.1) is 6.10 Å². The molecule has 3 heteroatoms. The molecule has 1 rings (SSSR count). The smallest absolute Gasteiger partial charge is 0.115 e. The summed E-state index contributed by atoms with van der Waals surface area (Å²) in [6.07, 6.45) is 0.855. The minimum atomic E-state index is 0.0375. The molecule has 0 aliphatic heterocycles. The van der Waals surface area contributed by atoms with Crippen molar-refractivity contribution in [1.82, 2.24) is 0 Å². The predicted molar refractivity (Wildman–Crippen MR) is 54.3 cm³/mol. The number of hydrogen-bond donors (Lipinski definition) is 1. The molecule has 0 saturated carbocycles. The zero-order valence-electron chi connectivity index (χ0n) is 8.56. The first kappa shape index (κ1) is 11.0. The lowest BCUT2D eigenvalue weighted by atomic mass is 10.1. The Hall–Kier alpha value is -1.06. The quantitative estimate of drug-likeness (QED) is 0.784. The summed E-state index contributed by atoms with van der Waals surface area (Å²) in [5, 5.41) is 9.12. The third-order valence-electron chi connectivity index (χ3n) is 2.13. The van der Waals surface area contributed by atoms with Gasteiger partial charge in [0, 0.05) is 27.2 Å². The van der Waals surface area contributed by atoms with Gasteiger partial charge in [-0.25, -0.2) is 0 Å². The highest BCUT2D eigenvalue weighted by atomic mass is 16.5. The van der Waals surface area contributed by atoms with Crippen LogP contribution in [-0.2, 0) is 9.47 Å². The molecule has 0 aliphatic carbocycles. The maximum absolute atomic E-state index is 9.12. The van der Waals surface area contributed by atoms with E-state index in [-0.39, 0.29) is 11.9 Å². The van der Waals surface area contributed by atoms with Gasteiger partial charge >= 0.3 is 0 Å². The predicted octanol–water partition coefficient (Wildman–Crippen LogP) is 2.12. The number of phenols is 1. The van der Waals surface area contributed by atoms with Gasteiger partial charge in [-0.15, -0.1) is 0 Å². The van der Waals surface area contributed by atoms with Crippen LogP contribution in [0.3, 0.4) is 0 Å². The molecule has 3 nitrogen and oxygen atoms in total. The van der Waals surface area contributed by atoms with Crippen LogP contribution < -0.4 is 0 Å². The van der Waals surface area contributed by atoms with Gasteiger partial charge in [0.2, 0.25) is 0 Å². The van der Waals surface area contributed by atoms with Crippen LogP contribution in [0.4, 0.5) is 0 Å². The van der Waals surface area contributed by atoms with Crippen LogP contribution in [0.25, 0.3) is 0 Å². The second kappa shape index (κ2) is 5.62. The molecule has 14 heavy (non-hydrogen) atoms. The van der Waals surface area contributed by atoms with Gasteiger partial charge in [-0.1, -0.05) is 12.1 Å². The molecule has 1 unspecified atom stereocenters. The fraction of sp³-hybridized carbons (Fsp3) is 0.455. The van der Waals surface area contributed by atoms with Crippen molar-refractivity contribution < 1.29 is 14.6 Å². The summed E-state index contributed by atoms with van der Waals surface area (Å²) in [6.45, 7) is 0.666. The third-order valence-corrected chi connectivity index (χ3v) is 2.13. The van der Waals surface area contributed by atoms with Crippen molar-refractivity contribution in [2.24, 2.45) is 0 Å². The molecule has 1 N–H and O–H groups in total. The highest BCUT2D eigenvalue weighted by molar-refractivity contribution is 5.27. The van der Waals surface area contributed by atoms with Crippen LogP contribution in [0.1, 0.15) is 18.1 Å². The van der Waals surface area contributed by atoms with E-state index in [1.165, 1.54) is 0 Å². The summed E-state index contributed by atoms with van der Waals surface area (Å²) < 4.78 is 10.3. The van der Waals surface area contributed by atoms with Crippen molar-refractivity contribution in [2.75, 3.05) is 20.8 Å². The molecular formula is C11H16O3. The number of methoxy groups -OCH3 is 2. The van der Waals surface area contributed by atoms with Gasteiger partial charge in [-0.05, 0) is 17.7 Å². The van der Waals surface area contributed by atoms with Gasteiger partial charge in [0.25, 0.3) is 0 Å². The average molecular weight is 196 g/mol. The SMILES string of the molecule is COCCC(OC)c1ccc(O)cc1. The minimum absolute atomic E-state index is 0.0375. The van der Waals surface area contributed by atoms with E-state index in [4.69, 9.17) is 14.6 Å². The summed E-state index contributed by atoms with van der Waals surface area (Å²) in [6, 6.07) is 7.04. The topological polar surface area (TPSA) is 38.7 Å². The lowest BCUT2D eigenvalue weighted by Crippen LogP contribution is -2.04. The molecule has 1 atom stereocenters. The van der Waals surface area contributed by atoms with Crippen molar-refractivity contribution in [3.63, 3.8) is 0 Å². The van der Waals surface area contributed by atoms with E-state index < -0.39 is 0 Å². The van der Waals surface area contributed by atoms with E-state index in [2.05, 4.69) is 0 Å². The number of rotatable bonds is 5. The standard InChI is InChI=1S/C11H16O3/c1-13-8-7-11(14-2)9-3-5-10(12)6-4-9/h3-6,11-12H,7-8H2,1-2H3. The summed E-state index contributed by atoms with van der Waals surface area (Å²) in [4.78, 5) is 0. The van der Waals surface area contributed by atoms with Gasteiger partial charge in [-0.2, -0.15) is 0 Å². The second-order valence-corrected chi connectivity index (χ2v) is 3.10. The van der Waals surface area contributed by atoms with Crippen molar-refractivity contribution >= 4 is 0 Å². The van der Waals surface area contributed by atoms with E-state index in [1.54, 1.807) is 26.4 Å². The summed E-state index contributed by atoms with van der Waals surface area (Å²) in [5.74, 6) is 0.273. The fourth-order valence-electron chi connectivity index (χ4n) is 1.33. The Morgan fingerprint density at radius 1 is 1.21 bits per heavy atom. The molecule has 0 spiro atoms. The van der Waals surface area contributed by atoms with E-state index >= 15 is 0 Å². The van der Waals surface area contributed by atoms with Crippen LogP contribution in [0.15, 0.2) is 24.3 Å². The van der Waals surface area contributed by atoms with Gasteiger partial charge < -0.3 is 14.6 Å². The largest absolute Gasteiger partial charge is 0.508 e. The molecule has 1 aromatic rings. The lowest BCUT2D eigenvalue weighted by molar-refractivity contribution is 0.0662. The first-order valence-electron chi connectivity index (χ1n) is 4.58. The van der Waals surface area contributed by atoms with Gasteiger partial charge in [0.15, 0.2) is 0 Å². The van der Waals surface area contributed by atoms with E-state index in [1.807, 2.05) is 12.1 Å². The van der Waals surface area contributed by atoms with Crippen molar-refractivity contribution in [3.8, 4) is 5.75 Å². The highest BCUT2D eigenvalue weighted by Crippen LogP contribution is 2.22. The number of hydrogen-bond acceptors (Lipinski definition) is 3. The normalized spacial score (nSPS) is 12.7. The number of ether oxygens (including phenoxy) is 2. The van der Waals surface area contributed by atoms with Crippen LogP contribution in [-0.4, -0.2) is 25.9 Å². The lowest BCUT2D eigenvalue weighted by Gasteiger charge is -2.14. The molecule has 0 radical (unpaired) electrons. The molecule has 1 aromatic carbocycles. The summed E-state index contributed by atoms with van der Waals surface area (Å²) >= 11 is 0. The maximum atomic E-state index is 9.12. The van der Waals surface area contributed by atoms with Crippen LogP contribution in [0, 0.1) is 0 Å². The summed E-state index contributed by atoms with van der Waals surface area (Å²) in [5.41, 5.74) is 1.06. The highest BCUT2D eigenvalue weighted by Gasteiger charge is 2.09. The number of aromatic hydroxyl groups is 1. The second-order valence-electron chi connectivity index (χ2n) is 3.10. The molecule has 0 amide bonds. The number of phenolic OH excluding ortho intramolecular Hbond substituents is 1. The minimum Gasteiger partial charge on any atom is -0.508 e. The van der Waals surface area contributed by atoms with E-state index in [9.17, 15) is 0 Å². The van der Waals surface area contributed by atoms with Crippen molar-refractivity contribution in [3.05, 3.63) is 29.8 Å². The Bertz CT molecular complexity index is 256. The molecule has 0 bridgehead atoms. The molecule has 0 aliphatic rings. The van der Waals surface area contributed by atoms with E-state index in [0.29, 0.717) is 6.61 Å². The first-order chi connectivity index (χ1) is 6.77. The third kappa shape index (κ3) is 3.01. The Labute approximate surface area is 84.3 Å². The van der Waals surface area contributed by atoms with E-state index in [0.717, 1.165) is 12.0 Å². The zero-order valence-corrected chi connectivity index (χ0v) is 8.56. The Morgan fingerprint density at radius 2 is 1.86 bits per heavy atom. The maximum Gasteiger partial charge on any atom is 0.115 e. The first-order valence-corrected chi connectivity index (χ1v) is 4.58. The Morgan fingerprint density at radius 3 is 2.36 bits per heavy atom. The average Bonchev–Trinajstić information content (AvgIpc) is 2.21. The van der Waals surface area contributed by atoms with Crippen LogP contribution in [0.5, 0.6) is 5.75 Å². The van der Waals surface area contributed by atoms with Crippen molar-refractivity contribution in [1.29, 1.82) is 0 Å².